The third-order valence-electron chi connectivity index (χ3n) is 12.3. The van der Waals surface area contributed by atoms with Crippen molar-refractivity contribution in [2.45, 2.75) is 310 Å². The third-order valence-corrected chi connectivity index (χ3v) is 12.3. The van der Waals surface area contributed by atoms with Crippen LogP contribution in [0.15, 0.2) is 0 Å². The SMILES string of the molecule is CCCCCCCCCCCCCCCCCCCCC(=O)OC[C@H](COC(=O)CCCCCCCCCCCCCC)OC(=O)CCCCCCCCCCCC(C)C. The van der Waals surface area contributed by atoms with Gasteiger partial charge in [0.05, 0.1) is 0 Å². The quantitative estimate of drug-likeness (QED) is 0.0345. The van der Waals surface area contributed by atoms with E-state index >= 15 is 0 Å². The summed E-state index contributed by atoms with van der Waals surface area (Å²) in [4.78, 5) is 38.0. The van der Waals surface area contributed by atoms with Gasteiger partial charge in [-0.2, -0.15) is 0 Å². The lowest BCUT2D eigenvalue weighted by Crippen LogP contribution is -2.30. The fourth-order valence-corrected chi connectivity index (χ4v) is 8.22. The summed E-state index contributed by atoms with van der Waals surface area (Å²) in [5.74, 6) is -0.0377. The summed E-state index contributed by atoms with van der Waals surface area (Å²) in [6.45, 7) is 9.01. The molecule has 0 fully saturated rings. The molecule has 1 atom stereocenters. The normalized spacial score (nSPS) is 11.9. The summed E-state index contributed by atoms with van der Waals surface area (Å²) in [6, 6.07) is 0. The summed E-state index contributed by atoms with van der Waals surface area (Å²) in [7, 11) is 0. The van der Waals surface area contributed by atoms with Gasteiger partial charge in [-0.25, -0.2) is 0 Å². The molecule has 0 aromatic rings. The van der Waals surface area contributed by atoms with E-state index in [2.05, 4.69) is 27.7 Å². The largest absolute Gasteiger partial charge is 0.462 e. The van der Waals surface area contributed by atoms with Gasteiger partial charge in [0.25, 0.3) is 0 Å². The van der Waals surface area contributed by atoms with Crippen LogP contribution in [0.4, 0.5) is 0 Å². The van der Waals surface area contributed by atoms with Gasteiger partial charge in [0.15, 0.2) is 6.10 Å². The van der Waals surface area contributed by atoms with E-state index < -0.39 is 6.10 Å². The molecule has 0 unspecified atom stereocenters. The molecule has 0 amide bonds. The Bertz CT molecular complexity index is 903. The first-order valence-electron chi connectivity index (χ1n) is 26.9. The molecule has 0 radical (unpaired) electrons. The molecule has 0 rings (SSSR count). The maximum atomic E-state index is 12.8. The Balaban J connectivity index is 4.26. The van der Waals surface area contributed by atoms with E-state index in [1.807, 2.05) is 0 Å². The Morgan fingerprint density at radius 1 is 0.317 bits per heavy atom. The molecule has 0 heterocycles. The Hall–Kier alpha value is -1.59. The van der Waals surface area contributed by atoms with Crippen LogP contribution in [0, 0.1) is 5.92 Å². The number of esters is 3. The smallest absolute Gasteiger partial charge is 0.306 e. The molecule has 6 nitrogen and oxygen atoms in total. The lowest BCUT2D eigenvalue weighted by atomic mass is 10.0. The minimum atomic E-state index is -0.761. The number of hydrogen-bond donors (Lipinski definition) is 0. The van der Waals surface area contributed by atoms with Gasteiger partial charge < -0.3 is 14.2 Å². The molecule has 0 saturated heterocycles. The van der Waals surface area contributed by atoms with Gasteiger partial charge in [0.2, 0.25) is 0 Å². The minimum absolute atomic E-state index is 0.0628. The van der Waals surface area contributed by atoms with Gasteiger partial charge in [-0.05, 0) is 25.2 Å². The van der Waals surface area contributed by atoms with Crippen molar-refractivity contribution in [3.63, 3.8) is 0 Å². The van der Waals surface area contributed by atoms with E-state index in [1.165, 1.54) is 199 Å². The average molecular weight is 849 g/mol. The number of hydrogen-bond acceptors (Lipinski definition) is 6. The van der Waals surface area contributed by atoms with E-state index in [0.717, 1.165) is 63.7 Å². The Kier molecular flexibility index (Phi) is 47.2. The van der Waals surface area contributed by atoms with Crippen LogP contribution in [-0.2, 0) is 28.6 Å². The third kappa shape index (κ3) is 47.5. The van der Waals surface area contributed by atoms with Gasteiger partial charge in [-0.15, -0.1) is 0 Å². The summed E-state index contributed by atoms with van der Waals surface area (Å²) >= 11 is 0. The number of unbranched alkanes of at least 4 members (excludes halogenated alkanes) is 36. The van der Waals surface area contributed by atoms with Crippen molar-refractivity contribution in [3.8, 4) is 0 Å². The highest BCUT2D eigenvalue weighted by Crippen LogP contribution is 2.17. The molecule has 0 aromatic carbocycles. The van der Waals surface area contributed by atoms with Crippen molar-refractivity contribution in [3.05, 3.63) is 0 Å². The van der Waals surface area contributed by atoms with Crippen LogP contribution >= 0.6 is 0 Å². The molecule has 0 aliphatic heterocycles. The number of ether oxygens (including phenoxy) is 3. The predicted octanol–water partition coefficient (Wildman–Crippen LogP) is 17.5. The molecule has 0 aliphatic carbocycles. The summed E-state index contributed by atoms with van der Waals surface area (Å²) < 4.78 is 16.8. The number of carbonyl (C=O) groups excluding carboxylic acids is 3. The van der Waals surface area contributed by atoms with Gasteiger partial charge in [0.1, 0.15) is 13.2 Å². The van der Waals surface area contributed by atoms with Crippen LogP contribution in [0.5, 0.6) is 0 Å². The van der Waals surface area contributed by atoms with Crippen molar-refractivity contribution < 1.29 is 28.6 Å². The molecular weight excluding hydrogens is 745 g/mol. The van der Waals surface area contributed by atoms with Crippen LogP contribution in [0.2, 0.25) is 0 Å². The molecule has 0 N–H and O–H groups in total. The van der Waals surface area contributed by atoms with Gasteiger partial charge in [-0.1, -0.05) is 265 Å². The van der Waals surface area contributed by atoms with E-state index in [-0.39, 0.29) is 31.1 Å². The predicted molar refractivity (Wildman–Crippen MR) is 257 cm³/mol. The van der Waals surface area contributed by atoms with Crippen molar-refractivity contribution in [2.75, 3.05) is 13.2 Å². The van der Waals surface area contributed by atoms with Crippen LogP contribution in [0.1, 0.15) is 304 Å². The number of carbonyl (C=O) groups is 3. The standard InChI is InChI=1S/C54H104O6/c1-5-7-9-11-13-15-17-19-20-21-22-23-24-26-30-34-38-42-46-53(56)59-49-51(60-54(57)47-43-39-35-31-27-28-32-36-40-44-50(3)4)48-58-52(55)45-41-37-33-29-25-18-16-14-12-10-8-6-2/h50-51H,5-49H2,1-4H3/t51-/m0/s1. The van der Waals surface area contributed by atoms with Crippen LogP contribution in [0.25, 0.3) is 0 Å². The van der Waals surface area contributed by atoms with E-state index in [1.54, 1.807) is 0 Å². The lowest BCUT2D eigenvalue weighted by Gasteiger charge is -2.18. The first-order valence-corrected chi connectivity index (χ1v) is 26.9. The highest BCUT2D eigenvalue weighted by atomic mass is 16.6. The molecule has 0 saturated carbocycles. The second-order valence-electron chi connectivity index (χ2n) is 19.0. The molecule has 0 aromatic heterocycles. The molecule has 60 heavy (non-hydrogen) atoms. The zero-order chi connectivity index (χ0) is 43.8. The Morgan fingerprint density at radius 3 is 0.817 bits per heavy atom. The molecule has 0 bridgehead atoms. The summed E-state index contributed by atoms with van der Waals surface area (Å²) in [5.41, 5.74) is 0. The van der Waals surface area contributed by atoms with E-state index in [9.17, 15) is 14.4 Å². The highest BCUT2D eigenvalue weighted by molar-refractivity contribution is 5.71. The maximum absolute atomic E-state index is 12.8. The summed E-state index contributed by atoms with van der Waals surface area (Å²) in [5, 5.41) is 0. The van der Waals surface area contributed by atoms with Gasteiger partial charge >= 0.3 is 17.9 Å². The van der Waals surface area contributed by atoms with Crippen molar-refractivity contribution in [1.29, 1.82) is 0 Å². The van der Waals surface area contributed by atoms with Crippen molar-refractivity contribution in [1.82, 2.24) is 0 Å². The topological polar surface area (TPSA) is 78.9 Å². The van der Waals surface area contributed by atoms with E-state index in [4.69, 9.17) is 14.2 Å². The van der Waals surface area contributed by atoms with Crippen LogP contribution in [0.3, 0.4) is 0 Å². The fraction of sp³-hybridized carbons (Fsp3) is 0.944. The average Bonchev–Trinajstić information content (AvgIpc) is 3.23. The molecule has 0 spiro atoms. The van der Waals surface area contributed by atoms with Crippen LogP contribution < -0.4 is 0 Å². The summed E-state index contributed by atoms with van der Waals surface area (Å²) in [6.07, 6.45) is 50.9. The zero-order valence-electron chi connectivity index (χ0n) is 40.9. The first-order chi connectivity index (χ1) is 29.4. The molecule has 356 valence electrons. The first kappa shape index (κ1) is 58.4. The molecular formula is C54H104O6. The lowest BCUT2D eigenvalue weighted by molar-refractivity contribution is -0.167. The highest BCUT2D eigenvalue weighted by Gasteiger charge is 2.19. The second kappa shape index (κ2) is 48.4. The van der Waals surface area contributed by atoms with Gasteiger partial charge in [0, 0.05) is 19.3 Å². The van der Waals surface area contributed by atoms with E-state index in [0.29, 0.717) is 19.3 Å². The monoisotopic (exact) mass is 849 g/mol. The Labute approximate surface area is 374 Å². The van der Waals surface area contributed by atoms with Crippen molar-refractivity contribution >= 4 is 17.9 Å². The fourth-order valence-electron chi connectivity index (χ4n) is 8.22. The zero-order valence-corrected chi connectivity index (χ0v) is 40.9. The number of rotatable bonds is 49. The second-order valence-corrected chi connectivity index (χ2v) is 19.0. The van der Waals surface area contributed by atoms with Crippen LogP contribution in [-0.4, -0.2) is 37.2 Å². The maximum Gasteiger partial charge on any atom is 0.306 e. The Morgan fingerprint density at radius 2 is 0.550 bits per heavy atom. The van der Waals surface area contributed by atoms with Gasteiger partial charge in [-0.3, -0.25) is 14.4 Å². The molecule has 0 aliphatic rings. The van der Waals surface area contributed by atoms with Crippen molar-refractivity contribution in [2.24, 2.45) is 5.92 Å². The minimum Gasteiger partial charge on any atom is -0.462 e. The molecule has 6 heteroatoms.